The molecule has 96 valence electrons. The van der Waals surface area contributed by atoms with Crippen molar-refractivity contribution in [2.24, 2.45) is 17.8 Å². The molecule has 2 heterocycles. The van der Waals surface area contributed by atoms with Gasteiger partial charge in [0, 0.05) is 17.4 Å². The Morgan fingerprint density at radius 3 is 3.33 bits per heavy atom. The lowest BCUT2D eigenvalue weighted by Gasteiger charge is -2.57. The highest BCUT2D eigenvalue weighted by Crippen LogP contribution is 2.54. The Balaban J connectivity index is 1.90. The highest BCUT2D eigenvalue weighted by atomic mass is 15.0. The molecule has 1 saturated carbocycles. The molecule has 0 aromatic carbocycles. The van der Waals surface area contributed by atoms with Crippen molar-refractivity contribution in [2.75, 3.05) is 6.54 Å². The maximum absolute atomic E-state index is 4.67. The van der Waals surface area contributed by atoms with Gasteiger partial charge in [0.25, 0.3) is 0 Å². The smallest absolute Gasteiger partial charge is 0.0486 e. The fourth-order valence-corrected chi connectivity index (χ4v) is 5.07. The maximum Gasteiger partial charge on any atom is 0.0486 e. The molecule has 1 aromatic heterocycles. The van der Waals surface area contributed by atoms with E-state index in [1.54, 1.807) is 0 Å². The number of nitrogens with zero attached hydrogens (tertiary/aromatic N) is 1. The molecule has 0 unspecified atom stereocenters. The minimum absolute atomic E-state index is 0.266. The van der Waals surface area contributed by atoms with Crippen LogP contribution in [0.5, 0.6) is 0 Å². The number of fused-ring (bicyclic) bond motifs is 1. The van der Waals surface area contributed by atoms with Crippen molar-refractivity contribution >= 4 is 0 Å². The molecule has 0 spiro atoms. The first-order valence-corrected chi connectivity index (χ1v) is 7.49. The van der Waals surface area contributed by atoms with E-state index in [1.165, 1.54) is 49.9 Å². The van der Waals surface area contributed by atoms with Crippen molar-refractivity contribution in [3.05, 3.63) is 29.6 Å². The van der Waals surface area contributed by atoms with Crippen LogP contribution in [-0.4, -0.2) is 11.5 Å². The molecule has 4 atom stereocenters. The van der Waals surface area contributed by atoms with Gasteiger partial charge in [0.2, 0.25) is 0 Å². The van der Waals surface area contributed by atoms with Crippen LogP contribution in [0.15, 0.2) is 18.3 Å². The first-order valence-electron chi connectivity index (χ1n) is 7.49. The maximum atomic E-state index is 4.67. The average Bonchev–Trinajstić information content (AvgIpc) is 2.38. The summed E-state index contributed by atoms with van der Waals surface area (Å²) in [5.74, 6) is 2.58. The molecular weight excluding hydrogens is 220 g/mol. The lowest BCUT2D eigenvalue weighted by molar-refractivity contribution is 0.00805. The van der Waals surface area contributed by atoms with Gasteiger partial charge in [-0.15, -0.1) is 0 Å². The van der Waals surface area contributed by atoms with E-state index < -0.39 is 0 Å². The summed E-state index contributed by atoms with van der Waals surface area (Å²) in [4.78, 5) is 4.67. The molecule has 4 rings (SSSR count). The van der Waals surface area contributed by atoms with Gasteiger partial charge < -0.3 is 5.32 Å². The quantitative estimate of drug-likeness (QED) is 0.756. The summed E-state index contributed by atoms with van der Waals surface area (Å²) < 4.78 is 0. The summed E-state index contributed by atoms with van der Waals surface area (Å²) in [7, 11) is 0. The number of hydrogen-bond acceptors (Lipinski definition) is 2. The minimum Gasteiger partial charge on any atom is -0.307 e. The molecule has 2 heteroatoms. The van der Waals surface area contributed by atoms with Gasteiger partial charge >= 0.3 is 0 Å². The molecule has 2 fully saturated rings. The van der Waals surface area contributed by atoms with Gasteiger partial charge in [-0.05, 0) is 68.0 Å². The van der Waals surface area contributed by atoms with Crippen molar-refractivity contribution < 1.29 is 0 Å². The third-order valence-electron chi connectivity index (χ3n) is 5.54. The van der Waals surface area contributed by atoms with Crippen molar-refractivity contribution in [2.45, 2.75) is 44.6 Å². The van der Waals surface area contributed by atoms with Gasteiger partial charge in [-0.25, -0.2) is 0 Å². The molecule has 1 saturated heterocycles. The van der Waals surface area contributed by atoms with Gasteiger partial charge in [-0.1, -0.05) is 13.0 Å². The van der Waals surface area contributed by atoms with E-state index in [1.807, 2.05) is 6.20 Å². The van der Waals surface area contributed by atoms with Gasteiger partial charge in [0.05, 0.1) is 0 Å². The van der Waals surface area contributed by atoms with Crippen molar-refractivity contribution in [3.8, 4) is 0 Å². The molecule has 2 nitrogen and oxygen atoms in total. The van der Waals surface area contributed by atoms with E-state index in [-0.39, 0.29) is 5.54 Å². The molecule has 2 aliphatic carbocycles. The van der Waals surface area contributed by atoms with Crippen LogP contribution >= 0.6 is 0 Å². The Morgan fingerprint density at radius 1 is 1.44 bits per heavy atom. The Kier molecular flexibility index (Phi) is 2.32. The van der Waals surface area contributed by atoms with E-state index >= 15 is 0 Å². The second-order valence-corrected chi connectivity index (χ2v) is 6.65. The number of rotatable bonds is 0. The Morgan fingerprint density at radius 2 is 2.39 bits per heavy atom. The van der Waals surface area contributed by atoms with Crippen LogP contribution in [0.4, 0.5) is 0 Å². The van der Waals surface area contributed by atoms with E-state index in [0.29, 0.717) is 0 Å². The number of piperidine rings is 1. The molecule has 1 N–H and O–H groups in total. The van der Waals surface area contributed by atoms with E-state index in [9.17, 15) is 0 Å². The van der Waals surface area contributed by atoms with Gasteiger partial charge in [0.15, 0.2) is 0 Å². The SMILES string of the molecule is C[C@@H]1C[C@@H]2Cc3ncccc3[C@]3(C1)NCCC[C@H]23. The van der Waals surface area contributed by atoms with E-state index in [4.69, 9.17) is 0 Å². The van der Waals surface area contributed by atoms with Crippen LogP contribution in [0.1, 0.15) is 43.9 Å². The number of nitrogens with one attached hydrogen (secondary N) is 1. The second-order valence-electron chi connectivity index (χ2n) is 6.65. The van der Waals surface area contributed by atoms with E-state index in [0.717, 1.165) is 17.8 Å². The van der Waals surface area contributed by atoms with Crippen LogP contribution < -0.4 is 5.32 Å². The van der Waals surface area contributed by atoms with Gasteiger partial charge in [-0.3, -0.25) is 4.98 Å². The highest BCUT2D eigenvalue weighted by Gasteiger charge is 2.53. The number of aromatic nitrogens is 1. The van der Waals surface area contributed by atoms with Crippen LogP contribution in [0.2, 0.25) is 0 Å². The third kappa shape index (κ3) is 1.36. The second kappa shape index (κ2) is 3.80. The largest absolute Gasteiger partial charge is 0.307 e. The van der Waals surface area contributed by atoms with Crippen molar-refractivity contribution in [3.63, 3.8) is 0 Å². The fourth-order valence-electron chi connectivity index (χ4n) is 5.07. The van der Waals surface area contributed by atoms with Crippen molar-refractivity contribution in [1.82, 2.24) is 10.3 Å². The number of hydrogen-bond donors (Lipinski definition) is 1. The Hall–Kier alpha value is -0.890. The summed E-state index contributed by atoms with van der Waals surface area (Å²) in [6.07, 6.45) is 8.68. The standard InChI is InChI=1S/C16H22N2/c1-11-8-12-9-15-14(5-2-6-17-15)16(10-11)13(12)4-3-7-18-16/h2,5-6,11-13,18H,3-4,7-10H2,1H3/t11-,12-,13-,16-/m1/s1. The van der Waals surface area contributed by atoms with Crippen LogP contribution in [-0.2, 0) is 12.0 Å². The third-order valence-corrected chi connectivity index (χ3v) is 5.54. The molecule has 1 aliphatic heterocycles. The fraction of sp³-hybridized carbons (Fsp3) is 0.688. The predicted molar refractivity (Wildman–Crippen MR) is 72.2 cm³/mol. The lowest BCUT2D eigenvalue weighted by atomic mass is 9.54. The summed E-state index contributed by atoms with van der Waals surface area (Å²) >= 11 is 0. The lowest BCUT2D eigenvalue weighted by Crippen LogP contribution is -2.60. The highest BCUT2D eigenvalue weighted by molar-refractivity contribution is 5.35. The first kappa shape index (κ1) is 11.0. The monoisotopic (exact) mass is 242 g/mol. The molecule has 0 amide bonds. The van der Waals surface area contributed by atoms with Gasteiger partial charge in [-0.2, -0.15) is 0 Å². The molecule has 3 aliphatic rings. The molecular formula is C16H22N2. The molecule has 18 heavy (non-hydrogen) atoms. The molecule has 1 aromatic rings. The Labute approximate surface area is 109 Å². The van der Waals surface area contributed by atoms with Crippen LogP contribution in [0.25, 0.3) is 0 Å². The molecule has 0 radical (unpaired) electrons. The summed E-state index contributed by atoms with van der Waals surface area (Å²) in [5, 5.41) is 3.91. The average molecular weight is 242 g/mol. The zero-order valence-corrected chi connectivity index (χ0v) is 11.2. The Bertz CT molecular complexity index is 470. The minimum atomic E-state index is 0.266. The van der Waals surface area contributed by atoms with Crippen LogP contribution in [0, 0.1) is 17.8 Å². The van der Waals surface area contributed by atoms with Crippen LogP contribution in [0.3, 0.4) is 0 Å². The summed E-state index contributed by atoms with van der Waals surface area (Å²) in [5.41, 5.74) is 3.17. The summed E-state index contributed by atoms with van der Waals surface area (Å²) in [6.45, 7) is 3.62. The summed E-state index contributed by atoms with van der Waals surface area (Å²) in [6, 6.07) is 4.46. The zero-order chi connectivity index (χ0) is 12.2. The first-order chi connectivity index (χ1) is 8.79. The topological polar surface area (TPSA) is 24.9 Å². The van der Waals surface area contributed by atoms with Gasteiger partial charge in [0.1, 0.15) is 0 Å². The number of pyridine rings is 1. The zero-order valence-electron chi connectivity index (χ0n) is 11.2. The molecule has 2 bridgehead atoms. The van der Waals surface area contributed by atoms with E-state index in [2.05, 4.69) is 29.4 Å². The van der Waals surface area contributed by atoms with Crippen molar-refractivity contribution in [1.29, 1.82) is 0 Å². The predicted octanol–water partition coefficient (Wildman–Crippen LogP) is 2.88. The normalized spacial score (nSPS) is 41.9.